The van der Waals surface area contributed by atoms with Crippen LogP contribution in [-0.2, 0) is 21.8 Å². The van der Waals surface area contributed by atoms with Crippen molar-refractivity contribution in [3.8, 4) is 0 Å². The number of hydrogen-bond acceptors (Lipinski definition) is 4. The molecule has 102 valence electrons. The first-order valence-corrected chi connectivity index (χ1v) is 7.44. The second-order valence-electron chi connectivity index (χ2n) is 4.55. The molecule has 0 saturated heterocycles. The van der Waals surface area contributed by atoms with Gasteiger partial charge in [-0.3, -0.25) is 0 Å². The van der Waals surface area contributed by atoms with Crippen molar-refractivity contribution >= 4 is 10.0 Å². The predicted octanol–water partition coefficient (Wildman–Crippen LogP) is -0.192. The first kappa shape index (κ1) is 13.5. The number of nitrogens with two attached hydrogens (primary N) is 1. The lowest BCUT2D eigenvalue weighted by atomic mass is 9.84. The molecule has 0 spiro atoms. The van der Waals surface area contributed by atoms with Crippen molar-refractivity contribution in [1.29, 1.82) is 0 Å². The Balaban J connectivity index is 2.08. The normalized spacial score (nSPS) is 28.1. The van der Waals surface area contributed by atoms with Gasteiger partial charge in [-0.2, -0.15) is 0 Å². The SMILES string of the molecule is CCOC1CC(N)C1NS(=O)(=O)c1ccn(C)c1. The quantitative estimate of drug-likeness (QED) is 0.778. The first-order chi connectivity index (χ1) is 8.44. The van der Waals surface area contributed by atoms with E-state index in [1.807, 2.05) is 6.92 Å². The molecule has 6 nitrogen and oxygen atoms in total. The molecule has 1 aromatic rings. The van der Waals surface area contributed by atoms with E-state index in [1.165, 1.54) is 0 Å². The van der Waals surface area contributed by atoms with Gasteiger partial charge in [0.25, 0.3) is 0 Å². The van der Waals surface area contributed by atoms with Gasteiger partial charge in [-0.25, -0.2) is 13.1 Å². The van der Waals surface area contributed by atoms with Gasteiger partial charge in [0.15, 0.2) is 0 Å². The number of ether oxygens (including phenoxy) is 1. The molecule has 3 N–H and O–H groups in total. The second-order valence-corrected chi connectivity index (χ2v) is 6.27. The van der Waals surface area contributed by atoms with E-state index in [0.29, 0.717) is 13.0 Å². The molecule has 18 heavy (non-hydrogen) atoms. The summed E-state index contributed by atoms with van der Waals surface area (Å²) < 4.78 is 34.0. The third-order valence-corrected chi connectivity index (χ3v) is 4.60. The molecule has 3 unspecified atom stereocenters. The molecule has 2 rings (SSSR count). The van der Waals surface area contributed by atoms with Gasteiger partial charge < -0.3 is 15.0 Å². The maximum absolute atomic E-state index is 12.1. The maximum Gasteiger partial charge on any atom is 0.242 e. The van der Waals surface area contributed by atoms with Crippen molar-refractivity contribution in [3.05, 3.63) is 18.5 Å². The third-order valence-electron chi connectivity index (χ3n) is 3.15. The first-order valence-electron chi connectivity index (χ1n) is 5.95. The van der Waals surface area contributed by atoms with Crippen molar-refractivity contribution in [2.45, 2.75) is 36.4 Å². The highest BCUT2D eigenvalue weighted by Crippen LogP contribution is 2.24. The number of aryl methyl sites for hydroxylation is 1. The molecular formula is C11H19N3O3S. The molecule has 1 aliphatic rings. The van der Waals surface area contributed by atoms with Crippen LogP contribution in [0.1, 0.15) is 13.3 Å². The molecule has 0 aromatic carbocycles. The molecule has 0 amide bonds. The Kier molecular flexibility index (Phi) is 3.76. The highest BCUT2D eigenvalue weighted by molar-refractivity contribution is 7.89. The number of hydrogen-bond donors (Lipinski definition) is 2. The highest BCUT2D eigenvalue weighted by atomic mass is 32.2. The standard InChI is InChI=1S/C11H19N3O3S/c1-3-17-10-6-9(12)11(10)13-18(15,16)8-4-5-14(2)7-8/h4-5,7,9-11,13H,3,6,12H2,1-2H3. The van der Waals surface area contributed by atoms with Crippen molar-refractivity contribution in [3.63, 3.8) is 0 Å². The Hall–Kier alpha value is -0.890. The molecular weight excluding hydrogens is 254 g/mol. The summed E-state index contributed by atoms with van der Waals surface area (Å²) in [6.45, 7) is 2.44. The van der Waals surface area contributed by atoms with Gasteiger partial charge in [0.2, 0.25) is 10.0 Å². The average Bonchev–Trinajstić information content (AvgIpc) is 2.74. The minimum absolute atomic E-state index is 0.122. The number of nitrogens with zero attached hydrogens (tertiary/aromatic N) is 1. The smallest absolute Gasteiger partial charge is 0.242 e. The van der Waals surface area contributed by atoms with Crippen molar-refractivity contribution in [2.24, 2.45) is 12.8 Å². The molecule has 1 aliphatic carbocycles. The van der Waals surface area contributed by atoms with E-state index in [9.17, 15) is 8.42 Å². The summed E-state index contributed by atoms with van der Waals surface area (Å²) in [5, 5.41) is 0. The van der Waals surface area contributed by atoms with Crippen LogP contribution in [0.2, 0.25) is 0 Å². The lowest BCUT2D eigenvalue weighted by Gasteiger charge is -2.42. The minimum atomic E-state index is -3.51. The van der Waals surface area contributed by atoms with Gasteiger partial charge in [0, 0.05) is 32.1 Å². The molecule has 1 saturated carbocycles. The molecule has 0 bridgehead atoms. The summed E-state index contributed by atoms with van der Waals surface area (Å²) in [5.41, 5.74) is 5.82. The van der Waals surface area contributed by atoms with E-state index in [1.54, 1.807) is 30.1 Å². The highest BCUT2D eigenvalue weighted by Gasteiger charge is 2.42. The fourth-order valence-electron chi connectivity index (χ4n) is 2.07. The van der Waals surface area contributed by atoms with Crippen LogP contribution < -0.4 is 10.5 Å². The van der Waals surface area contributed by atoms with Gasteiger partial charge in [-0.1, -0.05) is 0 Å². The zero-order valence-corrected chi connectivity index (χ0v) is 11.4. The Morgan fingerprint density at radius 2 is 2.33 bits per heavy atom. The van der Waals surface area contributed by atoms with E-state index >= 15 is 0 Å². The van der Waals surface area contributed by atoms with Crippen LogP contribution in [0.3, 0.4) is 0 Å². The van der Waals surface area contributed by atoms with Gasteiger partial charge in [0.05, 0.1) is 17.0 Å². The summed E-state index contributed by atoms with van der Waals surface area (Å²) in [6.07, 6.45) is 3.82. The molecule has 3 atom stereocenters. The fraction of sp³-hybridized carbons (Fsp3) is 0.636. The van der Waals surface area contributed by atoms with Crippen LogP contribution in [0.15, 0.2) is 23.4 Å². The van der Waals surface area contributed by atoms with E-state index in [-0.39, 0.29) is 23.1 Å². The van der Waals surface area contributed by atoms with E-state index < -0.39 is 10.0 Å². The van der Waals surface area contributed by atoms with Gasteiger partial charge in [0.1, 0.15) is 0 Å². The van der Waals surface area contributed by atoms with Gasteiger partial charge >= 0.3 is 0 Å². The Morgan fingerprint density at radius 3 is 2.83 bits per heavy atom. The largest absolute Gasteiger partial charge is 0.377 e. The van der Waals surface area contributed by atoms with Crippen LogP contribution in [-0.4, -0.2) is 37.8 Å². The number of aromatic nitrogens is 1. The van der Waals surface area contributed by atoms with Crippen LogP contribution in [0.4, 0.5) is 0 Å². The topological polar surface area (TPSA) is 86.3 Å². The van der Waals surface area contributed by atoms with Gasteiger partial charge in [-0.05, 0) is 19.4 Å². The summed E-state index contributed by atoms with van der Waals surface area (Å²) in [7, 11) is -1.74. The van der Waals surface area contributed by atoms with Crippen molar-refractivity contribution < 1.29 is 13.2 Å². The van der Waals surface area contributed by atoms with E-state index in [0.717, 1.165) is 0 Å². The van der Waals surface area contributed by atoms with E-state index in [4.69, 9.17) is 10.5 Å². The summed E-state index contributed by atoms with van der Waals surface area (Å²) >= 11 is 0. The van der Waals surface area contributed by atoms with Crippen LogP contribution in [0.25, 0.3) is 0 Å². The Bertz CT molecular complexity index is 509. The van der Waals surface area contributed by atoms with Crippen LogP contribution >= 0.6 is 0 Å². The molecule has 1 heterocycles. The summed E-state index contributed by atoms with van der Waals surface area (Å²) in [4.78, 5) is 0.249. The minimum Gasteiger partial charge on any atom is -0.377 e. The molecule has 0 aliphatic heterocycles. The second kappa shape index (κ2) is 5.00. The van der Waals surface area contributed by atoms with E-state index in [2.05, 4.69) is 4.72 Å². The lowest BCUT2D eigenvalue weighted by molar-refractivity contribution is -0.0248. The zero-order valence-electron chi connectivity index (χ0n) is 10.5. The van der Waals surface area contributed by atoms with Crippen molar-refractivity contribution in [2.75, 3.05) is 6.61 Å². The van der Waals surface area contributed by atoms with Crippen LogP contribution in [0, 0.1) is 0 Å². The summed E-state index contributed by atoms with van der Waals surface area (Å²) in [6, 6.07) is 1.04. The third kappa shape index (κ3) is 2.59. The van der Waals surface area contributed by atoms with Crippen molar-refractivity contribution in [1.82, 2.24) is 9.29 Å². The molecule has 7 heteroatoms. The number of rotatable bonds is 5. The Labute approximate surface area is 107 Å². The number of sulfonamides is 1. The van der Waals surface area contributed by atoms with Crippen LogP contribution in [0.5, 0.6) is 0 Å². The maximum atomic E-state index is 12.1. The lowest BCUT2D eigenvalue weighted by Crippen LogP contribution is -2.64. The Morgan fingerprint density at radius 1 is 1.61 bits per heavy atom. The summed E-state index contributed by atoms with van der Waals surface area (Å²) in [5.74, 6) is 0. The number of nitrogens with one attached hydrogen (secondary N) is 1. The molecule has 1 aromatic heterocycles. The zero-order chi connectivity index (χ0) is 13.3. The van der Waals surface area contributed by atoms with Gasteiger partial charge in [-0.15, -0.1) is 0 Å². The molecule has 0 radical (unpaired) electrons. The molecule has 1 fully saturated rings. The fourth-order valence-corrected chi connectivity index (χ4v) is 3.44. The average molecular weight is 273 g/mol. The predicted molar refractivity (Wildman–Crippen MR) is 67.5 cm³/mol. The monoisotopic (exact) mass is 273 g/mol.